The summed E-state index contributed by atoms with van der Waals surface area (Å²) < 4.78 is 11.2. The van der Waals surface area contributed by atoms with Gasteiger partial charge in [-0.05, 0) is 75.1 Å². The Bertz CT molecular complexity index is 744. The van der Waals surface area contributed by atoms with Crippen molar-refractivity contribution in [2.45, 2.75) is 34.1 Å². The lowest BCUT2D eigenvalue weighted by Gasteiger charge is -2.13. The van der Waals surface area contributed by atoms with Gasteiger partial charge in [0.1, 0.15) is 0 Å². The summed E-state index contributed by atoms with van der Waals surface area (Å²) in [5, 5.41) is 5.74. The van der Waals surface area contributed by atoms with Crippen LogP contribution in [0.1, 0.15) is 30.5 Å². The number of hydrogen-bond donors (Lipinski definition) is 2. The molecular weight excluding hydrogens is 328 g/mol. The van der Waals surface area contributed by atoms with E-state index in [-0.39, 0.29) is 6.03 Å². The number of carbonyl (C=O) groups is 1. The molecule has 0 bridgehead atoms. The van der Waals surface area contributed by atoms with Gasteiger partial charge in [0.05, 0.1) is 13.2 Å². The molecule has 0 unspecified atom stereocenters. The Kier molecular flexibility index (Phi) is 7.33. The minimum Gasteiger partial charge on any atom is -0.490 e. The standard InChI is InChI=1S/C21H28N2O3/c1-5-25-19-10-8-17(14-20(19)26-6-2)11-12-22-21(24)23-18-9-7-15(3)16(4)13-18/h7-10,13-14H,5-6,11-12H2,1-4H3,(H2,22,23,24). The molecule has 0 atom stereocenters. The molecule has 0 aromatic heterocycles. The summed E-state index contributed by atoms with van der Waals surface area (Å²) >= 11 is 0. The number of carbonyl (C=O) groups excluding carboxylic acids is 1. The van der Waals surface area contributed by atoms with Gasteiger partial charge in [-0.15, -0.1) is 0 Å². The molecule has 0 heterocycles. The van der Waals surface area contributed by atoms with Crippen LogP contribution in [0.25, 0.3) is 0 Å². The second kappa shape index (κ2) is 9.70. The second-order valence-corrected chi connectivity index (χ2v) is 6.08. The van der Waals surface area contributed by atoms with Crippen LogP contribution in [0.2, 0.25) is 0 Å². The molecule has 5 heteroatoms. The lowest BCUT2D eigenvalue weighted by Crippen LogP contribution is -2.30. The Morgan fingerprint density at radius 2 is 1.65 bits per heavy atom. The monoisotopic (exact) mass is 356 g/mol. The molecule has 2 N–H and O–H groups in total. The molecule has 2 aromatic carbocycles. The largest absolute Gasteiger partial charge is 0.490 e. The van der Waals surface area contributed by atoms with Crippen LogP contribution < -0.4 is 20.1 Å². The van der Waals surface area contributed by atoms with Crippen LogP contribution in [0.5, 0.6) is 11.5 Å². The third-order valence-corrected chi connectivity index (χ3v) is 4.07. The van der Waals surface area contributed by atoms with Crippen molar-refractivity contribution in [3.63, 3.8) is 0 Å². The lowest BCUT2D eigenvalue weighted by atomic mass is 10.1. The fourth-order valence-corrected chi connectivity index (χ4v) is 2.57. The highest BCUT2D eigenvalue weighted by atomic mass is 16.5. The molecule has 26 heavy (non-hydrogen) atoms. The Labute approximate surface area is 155 Å². The second-order valence-electron chi connectivity index (χ2n) is 6.08. The van der Waals surface area contributed by atoms with Gasteiger partial charge in [0.15, 0.2) is 11.5 Å². The van der Waals surface area contributed by atoms with Crippen LogP contribution in [0.4, 0.5) is 10.5 Å². The van der Waals surface area contributed by atoms with Crippen LogP contribution in [0.3, 0.4) is 0 Å². The van der Waals surface area contributed by atoms with Crippen molar-refractivity contribution in [2.75, 3.05) is 25.1 Å². The summed E-state index contributed by atoms with van der Waals surface area (Å²) in [4.78, 5) is 12.0. The molecule has 0 radical (unpaired) electrons. The number of nitrogens with one attached hydrogen (secondary N) is 2. The quantitative estimate of drug-likeness (QED) is 0.734. The third kappa shape index (κ3) is 5.69. The van der Waals surface area contributed by atoms with Crippen LogP contribution >= 0.6 is 0 Å². The van der Waals surface area contributed by atoms with E-state index in [1.54, 1.807) is 0 Å². The van der Waals surface area contributed by atoms with E-state index in [1.165, 1.54) is 5.56 Å². The van der Waals surface area contributed by atoms with Gasteiger partial charge in [-0.3, -0.25) is 0 Å². The van der Waals surface area contributed by atoms with E-state index in [4.69, 9.17) is 9.47 Å². The fraction of sp³-hybridized carbons (Fsp3) is 0.381. The minimum atomic E-state index is -0.204. The summed E-state index contributed by atoms with van der Waals surface area (Å²) in [7, 11) is 0. The SMILES string of the molecule is CCOc1ccc(CCNC(=O)Nc2ccc(C)c(C)c2)cc1OCC. The molecule has 140 valence electrons. The van der Waals surface area contributed by atoms with E-state index < -0.39 is 0 Å². The molecule has 0 aliphatic rings. The van der Waals surface area contributed by atoms with Crippen LogP contribution in [0, 0.1) is 13.8 Å². The first-order chi connectivity index (χ1) is 12.5. The number of urea groups is 1. The highest BCUT2D eigenvalue weighted by Crippen LogP contribution is 2.28. The molecule has 0 saturated heterocycles. The summed E-state index contributed by atoms with van der Waals surface area (Å²) in [5.41, 5.74) is 4.24. The number of amides is 2. The van der Waals surface area contributed by atoms with Gasteiger partial charge in [0, 0.05) is 12.2 Å². The van der Waals surface area contributed by atoms with Crippen molar-refractivity contribution in [2.24, 2.45) is 0 Å². The van der Waals surface area contributed by atoms with Gasteiger partial charge < -0.3 is 20.1 Å². The van der Waals surface area contributed by atoms with Crippen molar-refractivity contribution in [3.05, 3.63) is 53.1 Å². The summed E-state index contributed by atoms with van der Waals surface area (Å²) in [6.45, 7) is 9.69. The van der Waals surface area contributed by atoms with Crippen molar-refractivity contribution in [1.29, 1.82) is 0 Å². The average Bonchev–Trinajstić information content (AvgIpc) is 2.61. The van der Waals surface area contributed by atoms with Gasteiger partial charge in [0.2, 0.25) is 0 Å². The van der Waals surface area contributed by atoms with Crippen molar-refractivity contribution >= 4 is 11.7 Å². The molecule has 2 rings (SSSR count). The van der Waals surface area contributed by atoms with Gasteiger partial charge in [0.25, 0.3) is 0 Å². The average molecular weight is 356 g/mol. The molecule has 0 saturated carbocycles. The maximum absolute atomic E-state index is 12.0. The van der Waals surface area contributed by atoms with Crippen molar-refractivity contribution < 1.29 is 14.3 Å². The van der Waals surface area contributed by atoms with Crippen LogP contribution in [0.15, 0.2) is 36.4 Å². The van der Waals surface area contributed by atoms with E-state index in [0.717, 1.165) is 28.3 Å². The van der Waals surface area contributed by atoms with Crippen molar-refractivity contribution in [1.82, 2.24) is 5.32 Å². The number of anilines is 1. The lowest BCUT2D eigenvalue weighted by molar-refractivity contribution is 0.252. The maximum atomic E-state index is 12.0. The number of benzene rings is 2. The fourth-order valence-electron chi connectivity index (χ4n) is 2.57. The Morgan fingerprint density at radius 1 is 0.923 bits per heavy atom. The van der Waals surface area contributed by atoms with Crippen molar-refractivity contribution in [3.8, 4) is 11.5 Å². The topological polar surface area (TPSA) is 59.6 Å². The highest BCUT2D eigenvalue weighted by Gasteiger charge is 2.07. The zero-order valence-corrected chi connectivity index (χ0v) is 16.0. The molecule has 0 spiro atoms. The maximum Gasteiger partial charge on any atom is 0.319 e. The molecule has 0 aliphatic carbocycles. The van der Waals surface area contributed by atoms with E-state index in [9.17, 15) is 4.79 Å². The van der Waals surface area contributed by atoms with E-state index in [0.29, 0.717) is 26.2 Å². The van der Waals surface area contributed by atoms with Gasteiger partial charge in [-0.25, -0.2) is 4.79 Å². The summed E-state index contributed by atoms with van der Waals surface area (Å²) in [6.07, 6.45) is 0.715. The zero-order valence-electron chi connectivity index (χ0n) is 16.0. The van der Waals surface area contributed by atoms with Gasteiger partial charge >= 0.3 is 6.03 Å². The molecular formula is C21H28N2O3. The van der Waals surface area contributed by atoms with E-state index in [2.05, 4.69) is 10.6 Å². The number of rotatable bonds is 8. The summed E-state index contributed by atoms with van der Waals surface area (Å²) in [5.74, 6) is 1.49. The van der Waals surface area contributed by atoms with Crippen LogP contribution in [-0.2, 0) is 6.42 Å². The molecule has 0 fully saturated rings. The highest BCUT2D eigenvalue weighted by molar-refractivity contribution is 5.89. The Hall–Kier alpha value is -2.69. The zero-order chi connectivity index (χ0) is 18.9. The number of aryl methyl sites for hydroxylation is 2. The summed E-state index contributed by atoms with van der Waals surface area (Å²) in [6, 6.07) is 11.6. The van der Waals surface area contributed by atoms with Gasteiger partial charge in [-0.2, -0.15) is 0 Å². The van der Waals surface area contributed by atoms with Gasteiger partial charge in [-0.1, -0.05) is 12.1 Å². The first-order valence-corrected chi connectivity index (χ1v) is 9.04. The molecule has 2 aromatic rings. The van der Waals surface area contributed by atoms with Crippen LogP contribution in [-0.4, -0.2) is 25.8 Å². The normalized spacial score (nSPS) is 10.3. The first-order valence-electron chi connectivity index (χ1n) is 9.04. The smallest absolute Gasteiger partial charge is 0.319 e. The minimum absolute atomic E-state index is 0.204. The third-order valence-electron chi connectivity index (χ3n) is 4.07. The molecule has 5 nitrogen and oxygen atoms in total. The Balaban J connectivity index is 1.87. The van der Waals surface area contributed by atoms with E-state index >= 15 is 0 Å². The molecule has 2 amide bonds. The number of hydrogen-bond acceptors (Lipinski definition) is 3. The predicted molar refractivity (Wildman–Crippen MR) is 105 cm³/mol. The van der Waals surface area contributed by atoms with E-state index in [1.807, 2.05) is 64.1 Å². The number of ether oxygens (including phenoxy) is 2. The predicted octanol–water partition coefficient (Wildman–Crippen LogP) is 4.47. The Morgan fingerprint density at radius 3 is 2.35 bits per heavy atom. The first kappa shape index (κ1) is 19.6. The molecule has 0 aliphatic heterocycles.